The summed E-state index contributed by atoms with van der Waals surface area (Å²) in [5.41, 5.74) is 0. The zero-order chi connectivity index (χ0) is 9.40. The molecule has 1 N–H and O–H groups in total. The fourth-order valence-electron chi connectivity index (χ4n) is 0.496. The van der Waals surface area contributed by atoms with Gasteiger partial charge in [-0.2, -0.15) is 0 Å². The third kappa shape index (κ3) is 7.34. The molecule has 0 aromatic rings. The van der Waals surface area contributed by atoms with Crippen LogP contribution in [0, 0.1) is 5.92 Å². The van der Waals surface area contributed by atoms with Crippen LogP contribution in [0.1, 0.15) is 20.3 Å². The van der Waals surface area contributed by atoms with Crippen molar-refractivity contribution in [3.05, 3.63) is 0 Å². The van der Waals surface area contributed by atoms with Gasteiger partial charge in [0.2, 0.25) is 0 Å². The Morgan fingerprint density at radius 2 is 2.08 bits per heavy atom. The van der Waals surface area contributed by atoms with E-state index >= 15 is 0 Å². The summed E-state index contributed by atoms with van der Waals surface area (Å²) < 4.78 is 9.32. The van der Waals surface area contributed by atoms with Gasteiger partial charge < -0.3 is 14.6 Å². The lowest BCUT2D eigenvalue weighted by molar-refractivity contribution is 0.0440. The predicted molar refractivity (Wildman–Crippen MR) is 43.8 cm³/mol. The van der Waals surface area contributed by atoms with Gasteiger partial charge in [0.1, 0.15) is 0 Å². The fraction of sp³-hybridized carbons (Fsp3) is 0.875. The Morgan fingerprint density at radius 1 is 1.42 bits per heavy atom. The summed E-state index contributed by atoms with van der Waals surface area (Å²) in [6.07, 6.45) is -0.200. The summed E-state index contributed by atoms with van der Waals surface area (Å²) in [6, 6.07) is 0. The highest BCUT2D eigenvalue weighted by Crippen LogP contribution is 1.95. The van der Waals surface area contributed by atoms with Crippen LogP contribution >= 0.6 is 0 Å². The highest BCUT2D eigenvalue weighted by atomic mass is 16.7. The molecule has 4 heteroatoms. The van der Waals surface area contributed by atoms with Gasteiger partial charge in [-0.1, -0.05) is 13.8 Å². The van der Waals surface area contributed by atoms with E-state index in [0.29, 0.717) is 18.9 Å². The van der Waals surface area contributed by atoms with Crippen molar-refractivity contribution < 1.29 is 19.4 Å². The van der Waals surface area contributed by atoms with Gasteiger partial charge in [-0.05, 0) is 5.92 Å². The van der Waals surface area contributed by atoms with E-state index < -0.39 is 6.16 Å². The Kier molecular flexibility index (Phi) is 6.47. The first kappa shape index (κ1) is 11.2. The van der Waals surface area contributed by atoms with Crippen LogP contribution in [0.25, 0.3) is 0 Å². The van der Waals surface area contributed by atoms with Crippen molar-refractivity contribution in [3.8, 4) is 0 Å². The average Bonchev–Trinajstić information content (AvgIpc) is 2.01. The van der Waals surface area contributed by atoms with Gasteiger partial charge in [0.25, 0.3) is 0 Å². The Hall–Kier alpha value is -0.770. The largest absolute Gasteiger partial charge is 0.508 e. The van der Waals surface area contributed by atoms with E-state index in [2.05, 4.69) is 4.74 Å². The zero-order valence-electron chi connectivity index (χ0n) is 7.58. The molecule has 12 heavy (non-hydrogen) atoms. The number of rotatable bonds is 5. The molecule has 0 unspecified atom stereocenters. The first-order valence-corrected chi connectivity index (χ1v) is 4.07. The lowest BCUT2D eigenvalue weighted by Gasteiger charge is -2.06. The number of ether oxygens (including phenoxy) is 2. The first-order valence-electron chi connectivity index (χ1n) is 4.07. The van der Waals surface area contributed by atoms with E-state index in [1.165, 1.54) is 0 Å². The molecule has 72 valence electrons. The summed E-state index contributed by atoms with van der Waals surface area (Å²) in [7, 11) is 0. The minimum atomic E-state index is -0.655. The van der Waals surface area contributed by atoms with Crippen molar-refractivity contribution in [1.82, 2.24) is 0 Å². The summed E-state index contributed by atoms with van der Waals surface area (Å²) in [5.74, 6) is 0.315. The summed E-state index contributed by atoms with van der Waals surface area (Å²) >= 11 is 0. The minimum absolute atomic E-state index is 0.0253. The summed E-state index contributed by atoms with van der Waals surface area (Å²) in [5, 5.41) is 8.37. The van der Waals surface area contributed by atoms with E-state index in [0.717, 1.165) is 0 Å². The molecule has 0 spiro atoms. The number of aliphatic hydroxyl groups is 1. The van der Waals surface area contributed by atoms with Crippen molar-refractivity contribution in [2.24, 2.45) is 5.92 Å². The molecule has 0 rings (SSSR count). The lowest BCUT2D eigenvalue weighted by atomic mass is 10.2. The molecule has 0 fully saturated rings. The molecule has 0 aliphatic carbocycles. The van der Waals surface area contributed by atoms with Crippen molar-refractivity contribution in [2.45, 2.75) is 20.3 Å². The van der Waals surface area contributed by atoms with Crippen LogP contribution in [0.4, 0.5) is 4.79 Å². The van der Waals surface area contributed by atoms with E-state index in [9.17, 15) is 4.79 Å². The molecule has 0 radical (unpaired) electrons. The Balaban J connectivity index is 3.22. The van der Waals surface area contributed by atoms with Gasteiger partial charge in [0.05, 0.1) is 13.2 Å². The average molecular weight is 176 g/mol. The minimum Gasteiger partial charge on any atom is -0.434 e. The van der Waals surface area contributed by atoms with Crippen LogP contribution < -0.4 is 0 Å². The topological polar surface area (TPSA) is 55.8 Å². The van der Waals surface area contributed by atoms with Gasteiger partial charge in [-0.25, -0.2) is 4.79 Å². The number of carbonyl (C=O) groups excluding carboxylic acids is 1. The van der Waals surface area contributed by atoms with Crippen molar-refractivity contribution in [2.75, 3.05) is 19.8 Å². The molecule has 0 aromatic carbocycles. The quantitative estimate of drug-likeness (QED) is 0.504. The third-order valence-corrected chi connectivity index (χ3v) is 1.06. The number of hydrogen-bond acceptors (Lipinski definition) is 4. The maximum Gasteiger partial charge on any atom is 0.508 e. The number of carbonyl (C=O) groups is 1. The van der Waals surface area contributed by atoms with Crippen LogP contribution in [0.5, 0.6) is 0 Å². The fourth-order valence-corrected chi connectivity index (χ4v) is 0.496. The van der Waals surface area contributed by atoms with Gasteiger partial charge in [-0.3, -0.25) is 0 Å². The zero-order valence-corrected chi connectivity index (χ0v) is 7.58. The van der Waals surface area contributed by atoms with E-state index in [1.54, 1.807) is 0 Å². The Morgan fingerprint density at radius 3 is 2.58 bits per heavy atom. The molecular formula is C8H16O4. The van der Waals surface area contributed by atoms with Crippen LogP contribution in [0.2, 0.25) is 0 Å². The predicted octanol–water partition coefficient (Wildman–Crippen LogP) is 1.18. The molecule has 0 aliphatic heterocycles. The lowest BCUT2D eigenvalue weighted by Crippen LogP contribution is -2.12. The van der Waals surface area contributed by atoms with Crippen molar-refractivity contribution in [3.63, 3.8) is 0 Å². The molecule has 4 nitrogen and oxygen atoms in total. The molecule has 0 aromatic heterocycles. The van der Waals surface area contributed by atoms with Crippen molar-refractivity contribution in [1.29, 1.82) is 0 Å². The molecule has 0 atom stereocenters. The Labute approximate surface area is 72.5 Å². The normalized spacial score (nSPS) is 10.0. The van der Waals surface area contributed by atoms with Gasteiger partial charge in [-0.15, -0.1) is 0 Å². The molecule has 0 bridgehead atoms. The summed E-state index contributed by atoms with van der Waals surface area (Å²) in [6.45, 7) is 4.50. The molecule has 0 aliphatic rings. The smallest absolute Gasteiger partial charge is 0.434 e. The molecule has 0 saturated heterocycles. The number of aliphatic hydroxyl groups excluding tert-OH is 1. The second-order valence-electron chi connectivity index (χ2n) is 2.88. The number of hydrogen-bond donors (Lipinski definition) is 1. The second kappa shape index (κ2) is 6.91. The van der Waals surface area contributed by atoms with E-state index in [1.807, 2.05) is 13.8 Å². The molecule has 0 amide bonds. The van der Waals surface area contributed by atoms with Crippen LogP contribution in [-0.2, 0) is 9.47 Å². The summed E-state index contributed by atoms with van der Waals surface area (Å²) in [4.78, 5) is 10.7. The van der Waals surface area contributed by atoms with Gasteiger partial charge in [0, 0.05) is 13.0 Å². The Bertz CT molecular complexity index is 122. The first-order chi connectivity index (χ1) is 5.66. The van der Waals surface area contributed by atoms with E-state index in [4.69, 9.17) is 9.84 Å². The molecule has 0 heterocycles. The van der Waals surface area contributed by atoms with Crippen LogP contribution in [0.3, 0.4) is 0 Å². The third-order valence-electron chi connectivity index (χ3n) is 1.06. The van der Waals surface area contributed by atoms with Crippen molar-refractivity contribution >= 4 is 6.16 Å². The highest BCUT2D eigenvalue weighted by molar-refractivity contribution is 5.59. The highest BCUT2D eigenvalue weighted by Gasteiger charge is 2.03. The SMILES string of the molecule is CC(C)COC(=O)OCCCO. The monoisotopic (exact) mass is 176 g/mol. The molecule has 0 saturated carbocycles. The van der Waals surface area contributed by atoms with Crippen LogP contribution in [-0.4, -0.2) is 31.1 Å². The van der Waals surface area contributed by atoms with Gasteiger partial charge in [0.15, 0.2) is 0 Å². The maximum atomic E-state index is 10.7. The van der Waals surface area contributed by atoms with Crippen LogP contribution in [0.15, 0.2) is 0 Å². The molecular weight excluding hydrogens is 160 g/mol. The maximum absolute atomic E-state index is 10.7. The van der Waals surface area contributed by atoms with Gasteiger partial charge >= 0.3 is 6.16 Å². The van der Waals surface area contributed by atoms with E-state index in [-0.39, 0.29) is 13.2 Å². The standard InChI is InChI=1S/C8H16O4/c1-7(2)6-12-8(10)11-5-3-4-9/h7,9H,3-6H2,1-2H3. The second-order valence-corrected chi connectivity index (χ2v) is 2.88.